The molecule has 0 fully saturated rings. The van der Waals surface area contributed by atoms with Gasteiger partial charge in [-0.15, -0.1) is 0 Å². The lowest BCUT2D eigenvalue weighted by Gasteiger charge is -2.16. The van der Waals surface area contributed by atoms with E-state index in [0.717, 1.165) is 5.56 Å². The van der Waals surface area contributed by atoms with Crippen molar-refractivity contribution in [2.24, 2.45) is 5.92 Å². The Morgan fingerprint density at radius 2 is 1.56 bits per heavy atom. The third-order valence-electron chi connectivity index (χ3n) is 3.91. The Morgan fingerprint density at radius 1 is 0.926 bits per heavy atom. The van der Waals surface area contributed by atoms with E-state index in [2.05, 4.69) is 10.6 Å². The number of carbonyl (C=O) groups excluding carboxylic acids is 3. The second-order valence-electron chi connectivity index (χ2n) is 6.46. The molecule has 2 aromatic carbocycles. The molecule has 0 saturated heterocycles. The van der Waals surface area contributed by atoms with E-state index in [1.807, 2.05) is 37.3 Å². The molecule has 2 N–H and O–H groups in total. The summed E-state index contributed by atoms with van der Waals surface area (Å²) in [5.74, 6) is -1.56. The summed E-state index contributed by atoms with van der Waals surface area (Å²) in [6.45, 7) is 4.87. The van der Waals surface area contributed by atoms with Gasteiger partial charge in [0.25, 0.3) is 11.8 Å². The van der Waals surface area contributed by atoms with Gasteiger partial charge in [-0.3, -0.25) is 14.4 Å². The smallest absolute Gasteiger partial charge is 0.308 e. The third kappa shape index (κ3) is 5.95. The molecule has 2 aromatic rings. The maximum absolute atomic E-state index is 12.6. The second-order valence-corrected chi connectivity index (χ2v) is 6.46. The van der Waals surface area contributed by atoms with E-state index < -0.39 is 18.5 Å². The molecular formula is C21H24N2O4. The van der Waals surface area contributed by atoms with Gasteiger partial charge in [0.05, 0.1) is 23.2 Å². The molecule has 0 saturated carbocycles. The highest BCUT2D eigenvalue weighted by Gasteiger charge is 2.17. The predicted octanol–water partition coefficient (Wildman–Crippen LogP) is 3.32. The summed E-state index contributed by atoms with van der Waals surface area (Å²) in [6, 6.07) is 16.1. The van der Waals surface area contributed by atoms with Gasteiger partial charge in [-0.25, -0.2) is 0 Å². The van der Waals surface area contributed by atoms with Gasteiger partial charge in [0.15, 0.2) is 6.61 Å². The largest absolute Gasteiger partial charge is 0.455 e. The van der Waals surface area contributed by atoms with Crippen LogP contribution in [0.25, 0.3) is 0 Å². The van der Waals surface area contributed by atoms with Crippen LogP contribution in [0.15, 0.2) is 54.6 Å². The molecule has 2 amide bonds. The Kier molecular flexibility index (Phi) is 7.11. The van der Waals surface area contributed by atoms with Crippen LogP contribution in [0.3, 0.4) is 0 Å². The normalized spacial score (nSPS) is 11.6. The van der Waals surface area contributed by atoms with E-state index in [-0.39, 0.29) is 17.9 Å². The van der Waals surface area contributed by atoms with Crippen molar-refractivity contribution in [3.63, 3.8) is 0 Å². The Morgan fingerprint density at radius 3 is 2.22 bits per heavy atom. The first-order valence-electron chi connectivity index (χ1n) is 8.79. The molecule has 0 heterocycles. The molecule has 142 valence electrons. The zero-order chi connectivity index (χ0) is 19.8. The SMILES string of the molecule is CC(C)C(=O)OCC(=O)Nc1ccccc1C(=O)N[C@H](C)c1ccccc1. The number of carbonyl (C=O) groups is 3. The average Bonchev–Trinajstić information content (AvgIpc) is 2.67. The summed E-state index contributed by atoms with van der Waals surface area (Å²) >= 11 is 0. The van der Waals surface area contributed by atoms with Gasteiger partial charge in [-0.1, -0.05) is 56.3 Å². The van der Waals surface area contributed by atoms with Crippen LogP contribution in [0.1, 0.15) is 42.7 Å². The zero-order valence-electron chi connectivity index (χ0n) is 15.7. The van der Waals surface area contributed by atoms with Gasteiger partial charge < -0.3 is 15.4 Å². The molecular weight excluding hydrogens is 344 g/mol. The number of anilines is 1. The van der Waals surface area contributed by atoms with Crippen LogP contribution >= 0.6 is 0 Å². The standard InChI is InChI=1S/C21H24N2O4/c1-14(2)21(26)27-13-19(24)23-18-12-8-7-11-17(18)20(25)22-15(3)16-9-5-4-6-10-16/h4-12,14-15H,13H2,1-3H3,(H,22,25)(H,23,24)/t15-/m1/s1. The molecule has 0 aromatic heterocycles. The lowest BCUT2D eigenvalue weighted by molar-refractivity contribution is -0.150. The van der Waals surface area contributed by atoms with Crippen LogP contribution in [0.4, 0.5) is 5.69 Å². The van der Waals surface area contributed by atoms with Gasteiger partial charge in [0.2, 0.25) is 0 Å². The first kappa shape index (κ1) is 20.2. The fourth-order valence-electron chi connectivity index (χ4n) is 2.38. The molecule has 0 spiro atoms. The van der Waals surface area contributed by atoms with Gasteiger partial charge in [0, 0.05) is 0 Å². The maximum Gasteiger partial charge on any atom is 0.308 e. The number of hydrogen-bond acceptors (Lipinski definition) is 4. The second kappa shape index (κ2) is 9.52. The summed E-state index contributed by atoms with van der Waals surface area (Å²) < 4.78 is 4.91. The fraction of sp³-hybridized carbons (Fsp3) is 0.286. The van der Waals surface area contributed by atoms with Crippen LogP contribution in [-0.2, 0) is 14.3 Å². The summed E-state index contributed by atoms with van der Waals surface area (Å²) in [5, 5.41) is 5.54. The fourth-order valence-corrected chi connectivity index (χ4v) is 2.38. The van der Waals surface area contributed by atoms with Crippen molar-refractivity contribution >= 4 is 23.5 Å². The molecule has 6 heteroatoms. The molecule has 0 unspecified atom stereocenters. The van der Waals surface area contributed by atoms with Crippen LogP contribution in [0.5, 0.6) is 0 Å². The first-order valence-corrected chi connectivity index (χ1v) is 8.79. The molecule has 1 atom stereocenters. The quantitative estimate of drug-likeness (QED) is 0.734. The monoisotopic (exact) mass is 368 g/mol. The Labute approximate surface area is 158 Å². The lowest BCUT2D eigenvalue weighted by Crippen LogP contribution is -2.28. The van der Waals surface area contributed by atoms with Gasteiger partial charge in [0.1, 0.15) is 0 Å². The van der Waals surface area contributed by atoms with Crippen molar-refractivity contribution in [1.29, 1.82) is 0 Å². The van der Waals surface area contributed by atoms with Crippen molar-refractivity contribution in [3.8, 4) is 0 Å². The molecule has 6 nitrogen and oxygen atoms in total. The lowest BCUT2D eigenvalue weighted by atomic mass is 10.1. The molecule has 0 radical (unpaired) electrons. The van der Waals surface area contributed by atoms with Gasteiger partial charge in [-0.2, -0.15) is 0 Å². The van der Waals surface area contributed by atoms with E-state index in [4.69, 9.17) is 4.74 Å². The third-order valence-corrected chi connectivity index (χ3v) is 3.91. The number of para-hydroxylation sites is 1. The van der Waals surface area contributed by atoms with E-state index >= 15 is 0 Å². The summed E-state index contributed by atoms with van der Waals surface area (Å²) in [5.41, 5.74) is 1.68. The molecule has 0 aliphatic carbocycles. The molecule has 0 aliphatic rings. The van der Waals surface area contributed by atoms with Crippen molar-refractivity contribution in [2.45, 2.75) is 26.8 Å². The highest BCUT2D eigenvalue weighted by atomic mass is 16.5. The zero-order valence-corrected chi connectivity index (χ0v) is 15.7. The topological polar surface area (TPSA) is 84.5 Å². The van der Waals surface area contributed by atoms with E-state index in [0.29, 0.717) is 11.3 Å². The number of rotatable bonds is 7. The Bertz CT molecular complexity index is 803. The predicted molar refractivity (Wildman–Crippen MR) is 103 cm³/mol. The van der Waals surface area contributed by atoms with Gasteiger partial charge >= 0.3 is 5.97 Å². The van der Waals surface area contributed by atoms with E-state index in [1.165, 1.54) is 0 Å². The van der Waals surface area contributed by atoms with Crippen molar-refractivity contribution in [1.82, 2.24) is 5.32 Å². The Balaban J connectivity index is 2.03. The van der Waals surface area contributed by atoms with Gasteiger partial charge in [-0.05, 0) is 24.6 Å². The maximum atomic E-state index is 12.6. The number of nitrogens with one attached hydrogen (secondary N) is 2. The van der Waals surface area contributed by atoms with Crippen molar-refractivity contribution in [2.75, 3.05) is 11.9 Å². The van der Waals surface area contributed by atoms with Crippen molar-refractivity contribution < 1.29 is 19.1 Å². The van der Waals surface area contributed by atoms with E-state index in [9.17, 15) is 14.4 Å². The highest BCUT2D eigenvalue weighted by Crippen LogP contribution is 2.18. The average molecular weight is 368 g/mol. The van der Waals surface area contributed by atoms with E-state index in [1.54, 1.807) is 38.1 Å². The number of amides is 2. The highest BCUT2D eigenvalue weighted by molar-refractivity contribution is 6.04. The molecule has 0 aliphatic heterocycles. The van der Waals surface area contributed by atoms with Crippen LogP contribution in [0.2, 0.25) is 0 Å². The van der Waals surface area contributed by atoms with Crippen LogP contribution < -0.4 is 10.6 Å². The molecule has 2 rings (SSSR count). The minimum absolute atomic E-state index is 0.186. The number of esters is 1. The first-order chi connectivity index (χ1) is 12.9. The van der Waals surface area contributed by atoms with Crippen LogP contribution in [-0.4, -0.2) is 24.4 Å². The molecule has 0 bridgehead atoms. The minimum atomic E-state index is -0.500. The number of hydrogen-bond donors (Lipinski definition) is 2. The Hall–Kier alpha value is -3.15. The van der Waals surface area contributed by atoms with Crippen LogP contribution in [0, 0.1) is 5.92 Å². The number of ether oxygens (including phenoxy) is 1. The summed E-state index contributed by atoms with van der Waals surface area (Å²) in [4.78, 5) is 36.1. The number of benzene rings is 2. The summed E-state index contributed by atoms with van der Waals surface area (Å²) in [6.07, 6.45) is 0. The minimum Gasteiger partial charge on any atom is -0.455 e. The molecule has 27 heavy (non-hydrogen) atoms. The summed E-state index contributed by atoms with van der Waals surface area (Å²) in [7, 11) is 0. The van der Waals surface area contributed by atoms with Crippen molar-refractivity contribution in [3.05, 3.63) is 65.7 Å².